The van der Waals surface area contributed by atoms with Crippen molar-refractivity contribution in [1.82, 2.24) is 5.32 Å². The summed E-state index contributed by atoms with van der Waals surface area (Å²) in [7, 11) is 0. The third kappa shape index (κ3) is 2.07. The largest absolute Gasteiger partial charge is 0.311 e. The number of nitrogens with one attached hydrogen (secondary N) is 1. The van der Waals surface area contributed by atoms with Gasteiger partial charge in [-0.15, -0.1) is 0 Å². The van der Waals surface area contributed by atoms with Crippen LogP contribution in [0.5, 0.6) is 0 Å². The van der Waals surface area contributed by atoms with Gasteiger partial charge in [0.15, 0.2) is 0 Å². The molecule has 0 aromatic heterocycles. The Labute approximate surface area is 92.9 Å². The summed E-state index contributed by atoms with van der Waals surface area (Å²) in [6.07, 6.45) is 1.26. The molecule has 1 aromatic carbocycles. The zero-order valence-corrected chi connectivity index (χ0v) is 10.2. The molecule has 0 spiro atoms. The summed E-state index contributed by atoms with van der Waals surface area (Å²) in [4.78, 5) is 0. The minimum Gasteiger partial charge on any atom is -0.311 e. The normalized spacial score (nSPS) is 24.4. The van der Waals surface area contributed by atoms with Gasteiger partial charge in [-0.2, -0.15) is 0 Å². The molecule has 1 nitrogen and oxygen atoms in total. The number of aryl methyl sites for hydroxylation is 2. The summed E-state index contributed by atoms with van der Waals surface area (Å²) in [5.41, 5.74) is 4.52. The van der Waals surface area contributed by atoms with Gasteiger partial charge in [-0.1, -0.05) is 29.3 Å². The van der Waals surface area contributed by atoms with E-state index in [1.807, 2.05) is 0 Å². The summed E-state index contributed by atoms with van der Waals surface area (Å²) in [6.45, 7) is 10.1. The van der Waals surface area contributed by atoms with Crippen LogP contribution in [0.3, 0.4) is 0 Å². The van der Waals surface area contributed by atoms with Crippen LogP contribution in [-0.2, 0) is 0 Å². The highest BCUT2D eigenvalue weighted by atomic mass is 15.0. The van der Waals surface area contributed by atoms with E-state index in [2.05, 4.69) is 51.2 Å². The molecule has 0 bridgehead atoms. The lowest BCUT2D eigenvalue weighted by Gasteiger charge is -2.28. The summed E-state index contributed by atoms with van der Waals surface area (Å²) >= 11 is 0. The highest BCUT2D eigenvalue weighted by Gasteiger charge is 2.34. The van der Waals surface area contributed by atoms with E-state index in [1.54, 1.807) is 0 Å². The Morgan fingerprint density at radius 1 is 1.13 bits per heavy atom. The maximum Gasteiger partial charge on any atom is 0.0194 e. The molecule has 82 valence electrons. The molecule has 15 heavy (non-hydrogen) atoms. The number of hydrogen-bond donors (Lipinski definition) is 1. The lowest BCUT2D eigenvalue weighted by Crippen LogP contribution is -2.36. The summed E-state index contributed by atoms with van der Waals surface area (Å²) in [6, 6.07) is 6.93. The predicted octanol–water partition coefficient (Wildman–Crippen LogP) is 3.16. The summed E-state index contributed by atoms with van der Waals surface area (Å²) < 4.78 is 0. The maximum atomic E-state index is 3.58. The van der Waals surface area contributed by atoms with Crippen molar-refractivity contribution in [3.63, 3.8) is 0 Å². The van der Waals surface area contributed by atoms with Crippen LogP contribution in [0.4, 0.5) is 0 Å². The Morgan fingerprint density at radius 3 is 2.20 bits per heavy atom. The van der Waals surface area contributed by atoms with Gasteiger partial charge in [0.25, 0.3) is 0 Å². The van der Waals surface area contributed by atoms with E-state index in [1.165, 1.54) is 23.1 Å². The molecule has 1 atom stereocenters. The molecule has 2 rings (SSSR count). The SMILES string of the molecule is Cc1cc(C)cc(C2CCNC2(C)C)c1. The van der Waals surface area contributed by atoms with Crippen molar-refractivity contribution in [2.24, 2.45) is 0 Å². The van der Waals surface area contributed by atoms with Crippen molar-refractivity contribution in [3.05, 3.63) is 34.9 Å². The predicted molar refractivity (Wildman–Crippen MR) is 65.4 cm³/mol. The molecule has 1 fully saturated rings. The van der Waals surface area contributed by atoms with Crippen LogP contribution in [0, 0.1) is 13.8 Å². The Hall–Kier alpha value is -0.820. The molecule has 1 heteroatoms. The van der Waals surface area contributed by atoms with Crippen LogP contribution in [0.1, 0.15) is 42.9 Å². The zero-order chi connectivity index (χ0) is 11.1. The Morgan fingerprint density at radius 2 is 1.73 bits per heavy atom. The van der Waals surface area contributed by atoms with Gasteiger partial charge in [-0.3, -0.25) is 0 Å². The van der Waals surface area contributed by atoms with Crippen molar-refractivity contribution in [1.29, 1.82) is 0 Å². The highest BCUT2D eigenvalue weighted by Crippen LogP contribution is 2.35. The average molecular weight is 203 g/mol. The van der Waals surface area contributed by atoms with Crippen LogP contribution in [0.2, 0.25) is 0 Å². The monoisotopic (exact) mass is 203 g/mol. The van der Waals surface area contributed by atoms with Crippen molar-refractivity contribution in [2.75, 3.05) is 6.54 Å². The van der Waals surface area contributed by atoms with E-state index in [0.29, 0.717) is 5.92 Å². The van der Waals surface area contributed by atoms with Gasteiger partial charge in [0, 0.05) is 11.5 Å². The third-order valence-electron chi connectivity index (χ3n) is 3.53. The van der Waals surface area contributed by atoms with Gasteiger partial charge < -0.3 is 5.32 Å². The Balaban J connectivity index is 2.37. The van der Waals surface area contributed by atoms with Gasteiger partial charge >= 0.3 is 0 Å². The molecule has 0 amide bonds. The smallest absolute Gasteiger partial charge is 0.0194 e. The first-order chi connectivity index (χ1) is 6.99. The molecule has 1 unspecified atom stereocenters. The molecule has 1 saturated heterocycles. The first-order valence-corrected chi connectivity index (χ1v) is 5.82. The second-order valence-corrected chi connectivity index (χ2v) is 5.41. The van der Waals surface area contributed by atoms with Gasteiger partial charge in [-0.05, 0) is 46.2 Å². The Kier molecular flexibility index (Phi) is 2.59. The van der Waals surface area contributed by atoms with Gasteiger partial charge in [0.2, 0.25) is 0 Å². The maximum absolute atomic E-state index is 3.58. The van der Waals surface area contributed by atoms with E-state index in [4.69, 9.17) is 0 Å². The second-order valence-electron chi connectivity index (χ2n) is 5.41. The van der Waals surface area contributed by atoms with Crippen molar-refractivity contribution >= 4 is 0 Å². The summed E-state index contributed by atoms with van der Waals surface area (Å²) in [5, 5.41) is 3.58. The lowest BCUT2D eigenvalue weighted by molar-refractivity contribution is 0.410. The van der Waals surface area contributed by atoms with Gasteiger partial charge in [0.1, 0.15) is 0 Å². The van der Waals surface area contributed by atoms with Crippen LogP contribution < -0.4 is 5.32 Å². The van der Waals surface area contributed by atoms with Crippen molar-refractivity contribution < 1.29 is 0 Å². The molecule has 1 heterocycles. The molecule has 1 aliphatic heterocycles. The molecule has 0 aliphatic carbocycles. The standard InChI is InChI=1S/C14H21N/c1-10-7-11(2)9-12(8-10)13-5-6-15-14(13,3)4/h7-9,13,15H,5-6H2,1-4H3. The fourth-order valence-electron chi connectivity index (χ4n) is 2.82. The second kappa shape index (κ2) is 3.64. The van der Waals surface area contributed by atoms with E-state index in [9.17, 15) is 0 Å². The average Bonchev–Trinajstić information content (AvgIpc) is 2.43. The quantitative estimate of drug-likeness (QED) is 0.739. The fourth-order valence-corrected chi connectivity index (χ4v) is 2.82. The van der Waals surface area contributed by atoms with Crippen molar-refractivity contribution in [3.8, 4) is 0 Å². The Bertz CT molecular complexity index is 345. The summed E-state index contributed by atoms with van der Waals surface area (Å²) in [5.74, 6) is 0.663. The fraction of sp³-hybridized carbons (Fsp3) is 0.571. The first-order valence-electron chi connectivity index (χ1n) is 5.82. The van der Waals surface area contributed by atoms with Crippen LogP contribution in [0.15, 0.2) is 18.2 Å². The van der Waals surface area contributed by atoms with Gasteiger partial charge in [0.05, 0.1) is 0 Å². The van der Waals surface area contributed by atoms with Crippen LogP contribution >= 0.6 is 0 Å². The molecular weight excluding hydrogens is 182 g/mol. The highest BCUT2D eigenvalue weighted by molar-refractivity contribution is 5.33. The molecule has 1 N–H and O–H groups in total. The molecule has 0 radical (unpaired) electrons. The van der Waals surface area contributed by atoms with Gasteiger partial charge in [-0.25, -0.2) is 0 Å². The topological polar surface area (TPSA) is 12.0 Å². The van der Waals surface area contributed by atoms with E-state index < -0.39 is 0 Å². The minimum atomic E-state index is 0.250. The molecular formula is C14H21N. The van der Waals surface area contributed by atoms with E-state index in [0.717, 1.165) is 6.54 Å². The van der Waals surface area contributed by atoms with Crippen LogP contribution in [-0.4, -0.2) is 12.1 Å². The molecule has 1 aromatic rings. The third-order valence-corrected chi connectivity index (χ3v) is 3.53. The van der Waals surface area contributed by atoms with E-state index in [-0.39, 0.29) is 5.54 Å². The minimum absolute atomic E-state index is 0.250. The number of hydrogen-bond acceptors (Lipinski definition) is 1. The molecule has 1 aliphatic rings. The zero-order valence-electron chi connectivity index (χ0n) is 10.2. The lowest BCUT2D eigenvalue weighted by atomic mass is 9.82. The van der Waals surface area contributed by atoms with Crippen molar-refractivity contribution in [2.45, 2.75) is 45.6 Å². The number of benzene rings is 1. The van der Waals surface area contributed by atoms with Crippen LogP contribution in [0.25, 0.3) is 0 Å². The first kappa shape index (κ1) is 10.7. The molecule has 0 saturated carbocycles. The number of rotatable bonds is 1. The van der Waals surface area contributed by atoms with E-state index >= 15 is 0 Å².